The summed E-state index contributed by atoms with van der Waals surface area (Å²) in [5.41, 5.74) is 7.52. The molecule has 0 atom stereocenters. The second kappa shape index (κ2) is 6.08. The lowest BCUT2D eigenvalue weighted by Gasteiger charge is -2.12. The highest BCUT2D eigenvalue weighted by atomic mass is 16.5. The smallest absolute Gasteiger partial charge is 0.143 e. The van der Waals surface area contributed by atoms with Crippen LogP contribution >= 0.6 is 0 Å². The van der Waals surface area contributed by atoms with Gasteiger partial charge in [0.1, 0.15) is 5.76 Å². The molecule has 136 valence electrons. The lowest BCUT2D eigenvalue weighted by atomic mass is 10.0. The molecule has 0 N–H and O–H groups in total. The van der Waals surface area contributed by atoms with Crippen molar-refractivity contribution in [2.75, 3.05) is 0 Å². The third-order valence-electron chi connectivity index (χ3n) is 5.61. The number of pyridine rings is 1. The third-order valence-corrected chi connectivity index (χ3v) is 5.61. The second-order valence-corrected chi connectivity index (χ2v) is 7.71. The first kappa shape index (κ1) is 16.3. The second-order valence-electron chi connectivity index (χ2n) is 7.71. The van der Waals surface area contributed by atoms with Crippen molar-refractivity contribution in [1.82, 2.24) is 14.7 Å². The SMILES string of the molecule is Cc1ccccc1-c1nc(-c2c(C)noc2C)cc2c1ccn2CC1CC1. The average molecular weight is 357 g/mol. The van der Waals surface area contributed by atoms with Gasteiger partial charge in [0.25, 0.3) is 0 Å². The zero-order chi connectivity index (χ0) is 18.5. The molecule has 4 nitrogen and oxygen atoms in total. The summed E-state index contributed by atoms with van der Waals surface area (Å²) < 4.78 is 7.81. The van der Waals surface area contributed by atoms with E-state index in [2.05, 4.69) is 59.2 Å². The Hall–Kier alpha value is -2.88. The van der Waals surface area contributed by atoms with E-state index in [1.165, 1.54) is 34.9 Å². The van der Waals surface area contributed by atoms with Gasteiger partial charge in [0.15, 0.2) is 0 Å². The maximum absolute atomic E-state index is 5.42. The molecule has 1 fully saturated rings. The summed E-state index contributed by atoms with van der Waals surface area (Å²) >= 11 is 0. The van der Waals surface area contributed by atoms with Crippen LogP contribution in [-0.4, -0.2) is 14.7 Å². The van der Waals surface area contributed by atoms with Crippen molar-refractivity contribution in [2.24, 2.45) is 5.92 Å². The molecule has 27 heavy (non-hydrogen) atoms. The van der Waals surface area contributed by atoms with Gasteiger partial charge in [-0.2, -0.15) is 0 Å². The van der Waals surface area contributed by atoms with Crippen LogP contribution in [0.25, 0.3) is 33.4 Å². The van der Waals surface area contributed by atoms with Crippen LogP contribution < -0.4 is 0 Å². The van der Waals surface area contributed by atoms with Gasteiger partial charge in [-0.05, 0) is 57.2 Å². The lowest BCUT2D eigenvalue weighted by molar-refractivity contribution is 0.393. The van der Waals surface area contributed by atoms with Crippen LogP contribution in [0.5, 0.6) is 0 Å². The van der Waals surface area contributed by atoms with Crippen LogP contribution in [0.2, 0.25) is 0 Å². The van der Waals surface area contributed by atoms with E-state index < -0.39 is 0 Å². The number of fused-ring (bicyclic) bond motifs is 1. The maximum atomic E-state index is 5.42. The summed E-state index contributed by atoms with van der Waals surface area (Å²) in [5.74, 6) is 1.63. The Balaban J connectivity index is 1.80. The van der Waals surface area contributed by atoms with E-state index in [0.717, 1.165) is 40.9 Å². The van der Waals surface area contributed by atoms with E-state index in [0.29, 0.717) is 0 Å². The predicted molar refractivity (Wildman–Crippen MR) is 108 cm³/mol. The molecule has 1 aliphatic rings. The molecule has 4 aromatic rings. The summed E-state index contributed by atoms with van der Waals surface area (Å²) in [5, 5.41) is 5.35. The van der Waals surface area contributed by atoms with Crippen molar-refractivity contribution in [3.8, 4) is 22.5 Å². The predicted octanol–water partition coefficient (Wildman–Crippen LogP) is 5.69. The van der Waals surface area contributed by atoms with Crippen molar-refractivity contribution in [3.63, 3.8) is 0 Å². The quantitative estimate of drug-likeness (QED) is 0.471. The minimum absolute atomic E-state index is 0.815. The molecule has 0 amide bonds. The van der Waals surface area contributed by atoms with Crippen LogP contribution in [0.1, 0.15) is 29.9 Å². The van der Waals surface area contributed by atoms with Crippen molar-refractivity contribution < 1.29 is 4.52 Å². The van der Waals surface area contributed by atoms with Gasteiger partial charge < -0.3 is 9.09 Å². The summed E-state index contributed by atoms with van der Waals surface area (Å²) in [6.45, 7) is 7.17. The largest absolute Gasteiger partial charge is 0.361 e. The zero-order valence-corrected chi connectivity index (χ0v) is 16.0. The van der Waals surface area contributed by atoms with Crippen LogP contribution in [0.3, 0.4) is 0 Å². The Bertz CT molecular complexity index is 1130. The average Bonchev–Trinajstić information content (AvgIpc) is 3.30. The van der Waals surface area contributed by atoms with Gasteiger partial charge in [-0.15, -0.1) is 0 Å². The molecule has 0 aliphatic heterocycles. The molecule has 4 heteroatoms. The van der Waals surface area contributed by atoms with Crippen molar-refractivity contribution in [3.05, 3.63) is 59.6 Å². The molecule has 5 rings (SSSR count). The Morgan fingerprint density at radius 2 is 1.93 bits per heavy atom. The van der Waals surface area contributed by atoms with Crippen molar-refractivity contribution in [1.29, 1.82) is 0 Å². The number of hydrogen-bond acceptors (Lipinski definition) is 3. The van der Waals surface area contributed by atoms with E-state index in [-0.39, 0.29) is 0 Å². The minimum Gasteiger partial charge on any atom is -0.361 e. The van der Waals surface area contributed by atoms with Gasteiger partial charge in [0.05, 0.1) is 28.2 Å². The fraction of sp³-hybridized carbons (Fsp3) is 0.304. The van der Waals surface area contributed by atoms with Gasteiger partial charge in [-0.25, -0.2) is 4.98 Å². The third kappa shape index (κ3) is 2.76. The molecule has 3 heterocycles. The van der Waals surface area contributed by atoms with Crippen LogP contribution in [0.15, 0.2) is 47.1 Å². The van der Waals surface area contributed by atoms with Gasteiger partial charge in [-0.3, -0.25) is 0 Å². The number of benzene rings is 1. The maximum Gasteiger partial charge on any atom is 0.143 e. The topological polar surface area (TPSA) is 43.9 Å². The molecule has 1 saturated carbocycles. The summed E-state index contributed by atoms with van der Waals surface area (Å²) in [4.78, 5) is 5.09. The Morgan fingerprint density at radius 3 is 2.63 bits per heavy atom. The number of aryl methyl sites for hydroxylation is 3. The van der Waals surface area contributed by atoms with Gasteiger partial charge in [0.2, 0.25) is 0 Å². The standard InChI is InChI=1S/C23H23N3O/c1-14-6-4-5-7-18(14)23-19-10-11-26(13-17-8-9-17)21(19)12-20(24-23)22-15(2)25-27-16(22)3/h4-7,10-12,17H,8-9,13H2,1-3H3. The van der Waals surface area contributed by atoms with Crippen LogP contribution in [0.4, 0.5) is 0 Å². The number of hydrogen-bond donors (Lipinski definition) is 0. The highest BCUT2D eigenvalue weighted by molar-refractivity contribution is 5.96. The molecule has 1 aromatic carbocycles. The molecule has 0 unspecified atom stereocenters. The van der Waals surface area contributed by atoms with Crippen molar-refractivity contribution in [2.45, 2.75) is 40.2 Å². The summed E-state index contributed by atoms with van der Waals surface area (Å²) in [7, 11) is 0. The Morgan fingerprint density at radius 1 is 1.11 bits per heavy atom. The molecule has 1 aliphatic carbocycles. The molecule has 0 radical (unpaired) electrons. The first-order valence-electron chi connectivity index (χ1n) is 9.61. The summed E-state index contributed by atoms with van der Waals surface area (Å²) in [6.07, 6.45) is 4.89. The van der Waals surface area contributed by atoms with E-state index >= 15 is 0 Å². The van der Waals surface area contributed by atoms with Crippen molar-refractivity contribution >= 4 is 10.9 Å². The zero-order valence-electron chi connectivity index (χ0n) is 16.0. The van der Waals surface area contributed by atoms with E-state index in [1.807, 2.05) is 13.8 Å². The Kier molecular flexibility index (Phi) is 3.67. The number of rotatable bonds is 4. The van der Waals surface area contributed by atoms with Gasteiger partial charge in [0, 0.05) is 23.7 Å². The fourth-order valence-corrected chi connectivity index (χ4v) is 3.95. The van der Waals surface area contributed by atoms with E-state index in [9.17, 15) is 0 Å². The number of aromatic nitrogens is 3. The molecular weight excluding hydrogens is 334 g/mol. The molecular formula is C23H23N3O. The highest BCUT2D eigenvalue weighted by Crippen LogP contribution is 2.37. The summed E-state index contributed by atoms with van der Waals surface area (Å²) in [6, 6.07) is 12.9. The molecule has 0 spiro atoms. The molecule has 0 saturated heterocycles. The highest BCUT2D eigenvalue weighted by Gasteiger charge is 2.24. The van der Waals surface area contributed by atoms with Gasteiger partial charge >= 0.3 is 0 Å². The van der Waals surface area contributed by atoms with Crippen LogP contribution in [-0.2, 0) is 6.54 Å². The normalized spacial score (nSPS) is 14.2. The Labute approximate surface area is 158 Å². The molecule has 3 aromatic heterocycles. The van der Waals surface area contributed by atoms with E-state index in [4.69, 9.17) is 9.51 Å². The lowest BCUT2D eigenvalue weighted by Crippen LogP contribution is -1.99. The molecule has 0 bridgehead atoms. The fourth-order valence-electron chi connectivity index (χ4n) is 3.95. The van der Waals surface area contributed by atoms with Gasteiger partial charge in [-0.1, -0.05) is 29.4 Å². The first-order valence-corrected chi connectivity index (χ1v) is 9.61. The number of nitrogens with zero attached hydrogens (tertiary/aromatic N) is 3. The first-order chi connectivity index (χ1) is 13.1. The minimum atomic E-state index is 0.815. The van der Waals surface area contributed by atoms with Crippen LogP contribution in [0, 0.1) is 26.7 Å². The monoisotopic (exact) mass is 357 g/mol. The van der Waals surface area contributed by atoms with E-state index in [1.54, 1.807) is 0 Å².